The highest BCUT2D eigenvalue weighted by Crippen LogP contribution is 2.16. The first kappa shape index (κ1) is 15.1. The van der Waals surface area contributed by atoms with E-state index in [1.165, 1.54) is 6.07 Å². The molecule has 0 bridgehead atoms. The van der Waals surface area contributed by atoms with Crippen LogP contribution in [-0.2, 0) is 4.74 Å². The number of hydrogen-bond donors (Lipinski definition) is 2. The summed E-state index contributed by atoms with van der Waals surface area (Å²) in [6, 6.07) is 6.44. The van der Waals surface area contributed by atoms with Crippen LogP contribution in [0.4, 0.5) is 5.69 Å². The molecule has 0 aliphatic carbocycles. The molecule has 0 atom stereocenters. The fourth-order valence-electron chi connectivity index (χ4n) is 1.86. The van der Waals surface area contributed by atoms with Gasteiger partial charge >= 0.3 is 5.63 Å². The van der Waals surface area contributed by atoms with E-state index < -0.39 is 11.5 Å². The first-order valence-corrected chi connectivity index (χ1v) is 6.81. The van der Waals surface area contributed by atoms with E-state index in [2.05, 4.69) is 5.32 Å². The standard InChI is InChI=1S/C15H18N2O4/c1-2-6-20-7-5-17-14(18)12-8-10-3-4-11(16)9-13(10)21-15(12)19/h3-4,8-9H,2,5-7,16H2,1H3,(H,17,18). The van der Waals surface area contributed by atoms with Crippen molar-refractivity contribution in [3.05, 3.63) is 40.2 Å². The van der Waals surface area contributed by atoms with Crippen molar-refractivity contribution >= 4 is 22.6 Å². The molecule has 2 rings (SSSR count). The van der Waals surface area contributed by atoms with Crippen LogP contribution in [0.3, 0.4) is 0 Å². The Morgan fingerprint density at radius 2 is 2.14 bits per heavy atom. The lowest BCUT2D eigenvalue weighted by molar-refractivity contribution is 0.0912. The Labute approximate surface area is 121 Å². The first-order valence-electron chi connectivity index (χ1n) is 6.81. The van der Waals surface area contributed by atoms with Crippen molar-refractivity contribution in [2.45, 2.75) is 13.3 Å². The van der Waals surface area contributed by atoms with E-state index in [9.17, 15) is 9.59 Å². The number of nitrogen functional groups attached to an aromatic ring is 1. The van der Waals surface area contributed by atoms with Gasteiger partial charge in [0, 0.05) is 30.3 Å². The van der Waals surface area contributed by atoms with Crippen LogP contribution in [0.2, 0.25) is 0 Å². The molecule has 0 unspecified atom stereocenters. The van der Waals surface area contributed by atoms with Crippen LogP contribution >= 0.6 is 0 Å². The molecule has 0 saturated carbocycles. The van der Waals surface area contributed by atoms with Gasteiger partial charge in [0.1, 0.15) is 11.1 Å². The zero-order valence-electron chi connectivity index (χ0n) is 11.8. The summed E-state index contributed by atoms with van der Waals surface area (Å²) in [6.45, 7) is 3.41. The Morgan fingerprint density at radius 3 is 2.90 bits per heavy atom. The second-order valence-electron chi connectivity index (χ2n) is 4.61. The van der Waals surface area contributed by atoms with Gasteiger partial charge in [-0.05, 0) is 24.6 Å². The maximum atomic E-state index is 12.0. The minimum Gasteiger partial charge on any atom is -0.422 e. The molecule has 6 heteroatoms. The van der Waals surface area contributed by atoms with E-state index in [4.69, 9.17) is 14.9 Å². The summed E-state index contributed by atoms with van der Waals surface area (Å²) in [5.41, 5.74) is 5.78. The molecule has 0 aliphatic rings. The number of anilines is 1. The quantitative estimate of drug-likeness (QED) is 0.478. The molecule has 0 radical (unpaired) electrons. The van der Waals surface area contributed by atoms with Crippen molar-refractivity contribution in [1.29, 1.82) is 0 Å². The second-order valence-corrected chi connectivity index (χ2v) is 4.61. The molecule has 1 aromatic carbocycles. The van der Waals surface area contributed by atoms with Crippen LogP contribution in [0.25, 0.3) is 11.0 Å². The Balaban J connectivity index is 2.10. The van der Waals surface area contributed by atoms with Crippen LogP contribution in [0.5, 0.6) is 0 Å². The average molecular weight is 290 g/mol. The number of carbonyl (C=O) groups excluding carboxylic acids is 1. The minimum absolute atomic E-state index is 0.0252. The first-order chi connectivity index (χ1) is 10.1. The number of hydrogen-bond acceptors (Lipinski definition) is 5. The zero-order valence-corrected chi connectivity index (χ0v) is 11.8. The highest BCUT2D eigenvalue weighted by molar-refractivity contribution is 5.96. The molecule has 0 spiro atoms. The largest absolute Gasteiger partial charge is 0.422 e. The van der Waals surface area contributed by atoms with Gasteiger partial charge < -0.3 is 20.2 Å². The molecule has 2 aromatic rings. The van der Waals surface area contributed by atoms with Crippen molar-refractivity contribution in [1.82, 2.24) is 5.32 Å². The summed E-state index contributed by atoms with van der Waals surface area (Å²) in [4.78, 5) is 23.8. The van der Waals surface area contributed by atoms with Gasteiger partial charge in [-0.3, -0.25) is 4.79 Å². The van der Waals surface area contributed by atoms with Gasteiger partial charge in [-0.25, -0.2) is 4.79 Å². The maximum Gasteiger partial charge on any atom is 0.349 e. The van der Waals surface area contributed by atoms with Gasteiger partial charge in [-0.15, -0.1) is 0 Å². The number of carbonyl (C=O) groups is 1. The predicted molar refractivity (Wildman–Crippen MR) is 80.3 cm³/mol. The second kappa shape index (κ2) is 6.90. The highest BCUT2D eigenvalue weighted by Gasteiger charge is 2.13. The Bertz CT molecular complexity index is 694. The number of rotatable bonds is 6. The SMILES string of the molecule is CCCOCCNC(=O)c1cc2ccc(N)cc2oc1=O. The van der Waals surface area contributed by atoms with Crippen molar-refractivity contribution in [3.8, 4) is 0 Å². The number of fused-ring (bicyclic) bond motifs is 1. The van der Waals surface area contributed by atoms with Crippen LogP contribution in [0.1, 0.15) is 23.7 Å². The van der Waals surface area contributed by atoms with Crippen LogP contribution < -0.4 is 16.7 Å². The smallest absolute Gasteiger partial charge is 0.349 e. The molecule has 21 heavy (non-hydrogen) atoms. The van der Waals surface area contributed by atoms with Crippen LogP contribution in [0, 0.1) is 0 Å². The highest BCUT2D eigenvalue weighted by atomic mass is 16.5. The summed E-state index contributed by atoms with van der Waals surface area (Å²) < 4.78 is 10.4. The number of amides is 1. The van der Waals surface area contributed by atoms with Crippen molar-refractivity contribution in [2.24, 2.45) is 0 Å². The molecule has 112 valence electrons. The van der Waals surface area contributed by atoms with E-state index in [-0.39, 0.29) is 5.56 Å². The van der Waals surface area contributed by atoms with Gasteiger partial charge in [-0.1, -0.05) is 6.92 Å². The predicted octanol–water partition coefficient (Wildman–Crippen LogP) is 1.53. The Kier molecular flexibility index (Phi) is 4.94. The number of nitrogens with one attached hydrogen (secondary N) is 1. The fraction of sp³-hybridized carbons (Fsp3) is 0.333. The molecule has 6 nitrogen and oxygen atoms in total. The van der Waals surface area contributed by atoms with E-state index >= 15 is 0 Å². The number of nitrogens with two attached hydrogens (primary N) is 1. The van der Waals surface area contributed by atoms with Gasteiger partial charge in [0.15, 0.2) is 0 Å². The molecular formula is C15H18N2O4. The fourth-order valence-corrected chi connectivity index (χ4v) is 1.86. The lowest BCUT2D eigenvalue weighted by Gasteiger charge is -2.06. The molecule has 0 saturated heterocycles. The van der Waals surface area contributed by atoms with Crippen LogP contribution in [0.15, 0.2) is 33.5 Å². The molecular weight excluding hydrogens is 272 g/mol. The van der Waals surface area contributed by atoms with Gasteiger partial charge in [-0.2, -0.15) is 0 Å². The summed E-state index contributed by atoms with van der Waals surface area (Å²) in [6.07, 6.45) is 0.922. The summed E-state index contributed by atoms with van der Waals surface area (Å²) in [5, 5.41) is 3.28. The summed E-state index contributed by atoms with van der Waals surface area (Å²) in [5.74, 6) is -0.470. The van der Waals surface area contributed by atoms with E-state index in [1.54, 1.807) is 18.2 Å². The normalized spacial score (nSPS) is 10.7. The van der Waals surface area contributed by atoms with Crippen molar-refractivity contribution in [2.75, 3.05) is 25.5 Å². The molecule has 3 N–H and O–H groups in total. The maximum absolute atomic E-state index is 12.0. The third kappa shape index (κ3) is 3.82. The van der Waals surface area contributed by atoms with E-state index in [0.29, 0.717) is 36.4 Å². The molecule has 1 aromatic heterocycles. The topological polar surface area (TPSA) is 94.6 Å². The minimum atomic E-state index is -0.680. The van der Waals surface area contributed by atoms with E-state index in [0.717, 1.165) is 6.42 Å². The molecule has 0 fully saturated rings. The number of ether oxygens (including phenoxy) is 1. The lowest BCUT2D eigenvalue weighted by atomic mass is 10.1. The molecule has 1 heterocycles. The van der Waals surface area contributed by atoms with Gasteiger partial charge in [0.05, 0.1) is 6.61 Å². The van der Waals surface area contributed by atoms with Gasteiger partial charge in [0.25, 0.3) is 5.91 Å². The Morgan fingerprint density at radius 1 is 1.33 bits per heavy atom. The van der Waals surface area contributed by atoms with Crippen LogP contribution in [-0.4, -0.2) is 25.7 Å². The average Bonchev–Trinajstić information content (AvgIpc) is 2.46. The zero-order chi connectivity index (χ0) is 15.2. The molecule has 1 amide bonds. The summed E-state index contributed by atoms with van der Waals surface area (Å²) >= 11 is 0. The lowest BCUT2D eigenvalue weighted by Crippen LogP contribution is -2.31. The number of benzene rings is 1. The third-order valence-electron chi connectivity index (χ3n) is 2.89. The summed E-state index contributed by atoms with van der Waals surface area (Å²) in [7, 11) is 0. The van der Waals surface area contributed by atoms with E-state index in [1.807, 2.05) is 6.92 Å². The molecule has 0 aliphatic heterocycles. The Hall–Kier alpha value is -2.34. The van der Waals surface area contributed by atoms with Crippen molar-refractivity contribution in [3.63, 3.8) is 0 Å². The van der Waals surface area contributed by atoms with Crippen molar-refractivity contribution < 1.29 is 13.9 Å². The monoisotopic (exact) mass is 290 g/mol. The third-order valence-corrected chi connectivity index (χ3v) is 2.89. The van der Waals surface area contributed by atoms with Gasteiger partial charge in [0.2, 0.25) is 0 Å².